The molecule has 19 heavy (non-hydrogen) atoms. The first-order chi connectivity index (χ1) is 8.74. The predicted molar refractivity (Wildman–Crippen MR) is 76.8 cm³/mol. The van der Waals surface area contributed by atoms with Crippen molar-refractivity contribution in [1.82, 2.24) is 9.55 Å². The van der Waals surface area contributed by atoms with Crippen molar-refractivity contribution in [2.75, 3.05) is 0 Å². The number of unbranched alkanes of at least 4 members (excludes halogenated alkanes) is 1. The van der Waals surface area contributed by atoms with Crippen LogP contribution in [-0.2, 0) is 7.05 Å². The van der Waals surface area contributed by atoms with Gasteiger partial charge in [-0.1, -0.05) is 43.7 Å². The van der Waals surface area contributed by atoms with E-state index >= 15 is 0 Å². The van der Waals surface area contributed by atoms with Crippen LogP contribution in [0.1, 0.15) is 25.5 Å². The van der Waals surface area contributed by atoms with Crippen LogP contribution < -0.4 is 18.9 Å². The van der Waals surface area contributed by atoms with Gasteiger partial charge in [0.1, 0.15) is 11.4 Å². The van der Waals surface area contributed by atoms with E-state index in [2.05, 4.69) is 24.8 Å². The van der Waals surface area contributed by atoms with Crippen molar-refractivity contribution in [3.63, 3.8) is 0 Å². The smallest absolute Gasteiger partial charge is 0.343 e. The van der Waals surface area contributed by atoms with Crippen LogP contribution in [-0.4, -0.2) is 9.55 Å². The van der Waals surface area contributed by atoms with Crippen LogP contribution in [0.15, 0.2) is 36.7 Å². The van der Waals surface area contributed by atoms with E-state index in [1.165, 1.54) is 6.42 Å². The van der Waals surface area contributed by atoms with E-state index in [9.17, 15) is 0 Å². The predicted octanol–water partition coefficient (Wildman–Crippen LogP) is 0.693. The molecule has 0 spiro atoms. The fourth-order valence-corrected chi connectivity index (χ4v) is 1.41. The van der Waals surface area contributed by atoms with Gasteiger partial charge in [-0.05, 0) is 5.92 Å². The minimum absolute atomic E-state index is 0. The molecule has 1 aromatic carbocycles. The van der Waals surface area contributed by atoms with Gasteiger partial charge < -0.3 is 11.5 Å². The fourth-order valence-electron chi connectivity index (χ4n) is 1.41. The number of aromatic nitrogens is 2. The van der Waals surface area contributed by atoms with Crippen molar-refractivity contribution in [2.45, 2.75) is 19.8 Å². The van der Waals surface area contributed by atoms with Crippen molar-refractivity contribution >= 4 is 0 Å². The van der Waals surface area contributed by atoms with Crippen molar-refractivity contribution in [3.8, 4) is 23.6 Å². The number of aryl methyl sites for hydroxylation is 1. The summed E-state index contributed by atoms with van der Waals surface area (Å²) in [6.07, 6.45) is 9.43. The van der Waals surface area contributed by atoms with Crippen LogP contribution in [0.4, 0.5) is 0 Å². The van der Waals surface area contributed by atoms with Crippen LogP contribution in [0.5, 0.6) is 0 Å². The second kappa shape index (κ2) is 9.51. The first kappa shape index (κ1) is 17.6. The molecule has 2 aromatic rings. The van der Waals surface area contributed by atoms with Gasteiger partial charge in [0.05, 0.1) is 6.33 Å². The number of rotatable bonds is 2. The summed E-state index contributed by atoms with van der Waals surface area (Å²) in [4.78, 5) is 4.28. The van der Waals surface area contributed by atoms with Crippen LogP contribution in [0.3, 0.4) is 0 Å². The van der Waals surface area contributed by atoms with Gasteiger partial charge in [-0.3, -0.25) is 0 Å². The number of hydrogen-bond acceptors (Lipinski definition) is 1. The summed E-state index contributed by atoms with van der Waals surface area (Å²) in [5.41, 5.74) is 2.74. The molecule has 0 atom stereocenters. The van der Waals surface area contributed by atoms with Crippen molar-refractivity contribution in [1.29, 1.82) is 0 Å². The summed E-state index contributed by atoms with van der Waals surface area (Å²) in [5, 5.41) is 0. The Hall–Kier alpha value is -1.41. The Balaban J connectivity index is 0.000000576. The molecule has 0 amide bonds. The minimum Gasteiger partial charge on any atom is -0.343 e. The molecule has 0 radical (unpaired) electrons. The molecule has 0 bridgehead atoms. The Labute approximate surface area is 128 Å². The number of terminal acetylenes is 1. The first-order valence-electron chi connectivity index (χ1n) is 6.07. The molecule has 2 nitrogen and oxygen atoms in total. The quantitative estimate of drug-likeness (QED) is 0.433. The summed E-state index contributed by atoms with van der Waals surface area (Å²) in [7, 11) is 1.90. The Bertz CT molecular complexity index is 507. The molecule has 1 aromatic heterocycles. The third-order valence-electron chi connectivity index (χ3n) is 2.47. The third kappa shape index (κ3) is 4.99. The molecular formula is C16H19LiN2. The van der Waals surface area contributed by atoms with Crippen molar-refractivity contribution in [2.24, 2.45) is 7.05 Å². The third-order valence-corrected chi connectivity index (χ3v) is 2.47. The summed E-state index contributed by atoms with van der Waals surface area (Å²) in [5.74, 6) is 2.64. The monoisotopic (exact) mass is 246 g/mol. The molecule has 0 N–H and O–H groups in total. The van der Waals surface area contributed by atoms with Crippen molar-refractivity contribution in [3.05, 3.63) is 49.3 Å². The molecule has 0 saturated heterocycles. The Kier molecular flexibility index (Phi) is 8.80. The van der Waals surface area contributed by atoms with Gasteiger partial charge in [-0.25, -0.2) is 4.98 Å². The fraction of sp³-hybridized carbons (Fsp3) is 0.250. The maximum absolute atomic E-state index is 5.42. The molecule has 3 heteroatoms. The van der Waals surface area contributed by atoms with Gasteiger partial charge in [-0.15, -0.1) is 6.42 Å². The molecule has 0 unspecified atom stereocenters. The van der Waals surface area contributed by atoms with Gasteiger partial charge >= 0.3 is 18.9 Å². The largest absolute Gasteiger partial charge is 1.00 e. The zero-order valence-electron chi connectivity index (χ0n) is 12.1. The van der Waals surface area contributed by atoms with Gasteiger partial charge in [0.15, 0.2) is 0 Å². The number of benzene rings is 1. The van der Waals surface area contributed by atoms with E-state index in [0.717, 1.165) is 23.4 Å². The van der Waals surface area contributed by atoms with Crippen molar-refractivity contribution < 1.29 is 18.9 Å². The van der Waals surface area contributed by atoms with Gasteiger partial charge in [-0.2, -0.15) is 6.42 Å². The minimum atomic E-state index is 0. The van der Waals surface area contributed by atoms with E-state index in [4.69, 9.17) is 6.42 Å². The molecule has 0 aliphatic rings. The maximum Gasteiger partial charge on any atom is 1.00 e. The average Bonchev–Trinajstić information content (AvgIpc) is 2.81. The van der Waals surface area contributed by atoms with E-state index in [1.54, 1.807) is 6.33 Å². The molecule has 0 aliphatic carbocycles. The standard InChI is InChI=1S/C12H10N2.C4H9.Li/c1-3-11-12(13-9-14(11)2)10-7-5-4-6-8-10;1-3-4-2;/h1,4-9H,2H3;1,3-4H2,2H3;/q;-1;+1. The average molecular weight is 246 g/mol. The Morgan fingerprint density at radius 3 is 2.37 bits per heavy atom. The van der Waals surface area contributed by atoms with Crippen LogP contribution in [0.25, 0.3) is 11.3 Å². The normalized spacial score (nSPS) is 8.74. The van der Waals surface area contributed by atoms with Crippen LogP contribution >= 0.6 is 0 Å². The van der Waals surface area contributed by atoms with Gasteiger partial charge in [0.2, 0.25) is 0 Å². The Morgan fingerprint density at radius 1 is 1.32 bits per heavy atom. The summed E-state index contributed by atoms with van der Waals surface area (Å²) < 4.78 is 1.85. The molecule has 1 heterocycles. The summed E-state index contributed by atoms with van der Waals surface area (Å²) in [6.45, 7) is 5.72. The second-order valence-corrected chi connectivity index (χ2v) is 3.92. The van der Waals surface area contributed by atoms with Crippen LogP contribution in [0.2, 0.25) is 0 Å². The SMILES string of the molecule is C#Cc1c(-c2ccccc2)ncn1C.[CH2-]CCC.[Li+]. The van der Waals surface area contributed by atoms with E-state index < -0.39 is 0 Å². The molecule has 94 valence electrons. The van der Waals surface area contributed by atoms with Gasteiger partial charge in [0, 0.05) is 12.6 Å². The number of hydrogen-bond donors (Lipinski definition) is 0. The number of imidazole rings is 1. The molecule has 0 fully saturated rings. The Morgan fingerprint density at radius 2 is 1.89 bits per heavy atom. The zero-order valence-corrected chi connectivity index (χ0v) is 12.1. The van der Waals surface area contributed by atoms with E-state index in [0.29, 0.717) is 0 Å². The van der Waals surface area contributed by atoms with E-state index in [-0.39, 0.29) is 18.9 Å². The first-order valence-corrected chi connectivity index (χ1v) is 6.07. The van der Waals surface area contributed by atoms with E-state index in [1.807, 2.05) is 41.9 Å². The summed E-state index contributed by atoms with van der Waals surface area (Å²) >= 11 is 0. The molecule has 0 saturated carbocycles. The van der Waals surface area contributed by atoms with Crippen LogP contribution in [0, 0.1) is 19.3 Å². The summed E-state index contributed by atoms with van der Waals surface area (Å²) in [6, 6.07) is 9.93. The molecule has 0 aliphatic heterocycles. The molecular weight excluding hydrogens is 227 g/mol. The topological polar surface area (TPSA) is 17.8 Å². The maximum atomic E-state index is 5.42. The van der Waals surface area contributed by atoms with Gasteiger partial charge in [0.25, 0.3) is 0 Å². The second-order valence-electron chi connectivity index (χ2n) is 3.92. The number of nitrogens with zero attached hydrogens (tertiary/aromatic N) is 2. The molecule has 2 rings (SSSR count). The zero-order chi connectivity index (χ0) is 13.4.